The summed E-state index contributed by atoms with van der Waals surface area (Å²) in [4.78, 5) is 24.8. The van der Waals surface area contributed by atoms with E-state index in [1.165, 1.54) is 4.88 Å². The van der Waals surface area contributed by atoms with Crippen LogP contribution in [0.2, 0.25) is 0 Å². The molecule has 1 aromatic carbocycles. The summed E-state index contributed by atoms with van der Waals surface area (Å²) in [6.07, 6.45) is 1.34. The first-order chi connectivity index (χ1) is 11.7. The van der Waals surface area contributed by atoms with Gasteiger partial charge in [0.05, 0.1) is 0 Å². The van der Waals surface area contributed by atoms with Crippen LogP contribution in [0.15, 0.2) is 47.8 Å². The van der Waals surface area contributed by atoms with Crippen LogP contribution in [0.25, 0.3) is 0 Å². The van der Waals surface area contributed by atoms with Gasteiger partial charge in [-0.3, -0.25) is 9.59 Å². The van der Waals surface area contributed by atoms with Crippen molar-refractivity contribution < 1.29 is 14.7 Å². The van der Waals surface area contributed by atoms with Crippen molar-refractivity contribution in [3.63, 3.8) is 0 Å². The second-order valence-corrected chi connectivity index (χ2v) is 6.42. The van der Waals surface area contributed by atoms with Gasteiger partial charge in [0.15, 0.2) is 0 Å². The van der Waals surface area contributed by atoms with Crippen molar-refractivity contribution >= 4 is 23.2 Å². The molecule has 0 aliphatic heterocycles. The maximum absolute atomic E-state index is 11.8. The fraction of sp³-hybridized carbons (Fsp3) is 0.333. The number of aliphatic hydroxyl groups is 1. The summed E-state index contributed by atoms with van der Waals surface area (Å²) >= 11 is 1.64. The van der Waals surface area contributed by atoms with Gasteiger partial charge in [0.1, 0.15) is 0 Å². The molecule has 2 aromatic rings. The molecule has 2 rings (SSSR count). The average molecular weight is 346 g/mol. The topological polar surface area (TPSA) is 78.4 Å². The standard InChI is InChI=1S/C18H22N2O3S/c21-11-9-15(16-7-4-12-24-16)8-10-19-17(22)18(23)20-13-14-5-2-1-3-6-14/h1-7,12,15,21H,8-11,13H2,(H,19,22)(H,20,23)/t15-/m1/s1. The number of carbonyl (C=O) groups excluding carboxylic acids is 2. The Hall–Kier alpha value is -2.18. The van der Waals surface area contributed by atoms with Crippen molar-refractivity contribution in [3.05, 3.63) is 58.3 Å². The van der Waals surface area contributed by atoms with Crippen molar-refractivity contribution in [1.29, 1.82) is 0 Å². The molecule has 3 N–H and O–H groups in total. The highest BCUT2D eigenvalue weighted by Crippen LogP contribution is 2.26. The minimum absolute atomic E-state index is 0.105. The lowest BCUT2D eigenvalue weighted by Gasteiger charge is -2.14. The highest BCUT2D eigenvalue weighted by Gasteiger charge is 2.15. The van der Waals surface area contributed by atoms with E-state index in [1.807, 2.05) is 47.8 Å². The van der Waals surface area contributed by atoms with E-state index in [-0.39, 0.29) is 12.5 Å². The molecule has 0 aliphatic rings. The van der Waals surface area contributed by atoms with E-state index in [4.69, 9.17) is 5.11 Å². The number of rotatable bonds is 8. The van der Waals surface area contributed by atoms with Crippen LogP contribution in [0.3, 0.4) is 0 Å². The number of aliphatic hydroxyl groups excluding tert-OH is 1. The quantitative estimate of drug-likeness (QED) is 0.640. The Kier molecular flexibility index (Phi) is 7.45. The summed E-state index contributed by atoms with van der Waals surface area (Å²) in [6, 6.07) is 13.4. The van der Waals surface area contributed by atoms with Crippen LogP contribution in [-0.2, 0) is 16.1 Å². The molecule has 0 bridgehead atoms. The van der Waals surface area contributed by atoms with Crippen LogP contribution in [0.5, 0.6) is 0 Å². The molecule has 1 atom stereocenters. The zero-order valence-corrected chi connectivity index (χ0v) is 14.2. The molecule has 1 heterocycles. The third-order valence-electron chi connectivity index (χ3n) is 3.70. The fourth-order valence-corrected chi connectivity index (χ4v) is 3.31. The Labute approximate surface area is 145 Å². The molecule has 2 amide bonds. The van der Waals surface area contributed by atoms with Gasteiger partial charge in [-0.15, -0.1) is 11.3 Å². The number of benzene rings is 1. The summed E-state index contributed by atoms with van der Waals surface area (Å²) in [6.45, 7) is 0.837. The van der Waals surface area contributed by atoms with Gasteiger partial charge in [-0.2, -0.15) is 0 Å². The molecule has 5 nitrogen and oxygen atoms in total. The van der Waals surface area contributed by atoms with E-state index in [0.29, 0.717) is 25.9 Å². The molecule has 0 fully saturated rings. The predicted molar refractivity (Wildman–Crippen MR) is 94.7 cm³/mol. The van der Waals surface area contributed by atoms with Gasteiger partial charge in [0.25, 0.3) is 0 Å². The third kappa shape index (κ3) is 5.79. The molecule has 128 valence electrons. The van der Waals surface area contributed by atoms with Gasteiger partial charge in [-0.25, -0.2) is 0 Å². The minimum Gasteiger partial charge on any atom is -0.396 e. The number of carbonyl (C=O) groups is 2. The van der Waals surface area contributed by atoms with Gasteiger partial charge >= 0.3 is 11.8 Å². The van der Waals surface area contributed by atoms with E-state index >= 15 is 0 Å². The molecule has 0 spiro atoms. The number of thiophene rings is 1. The molecule has 0 aliphatic carbocycles. The summed E-state index contributed by atoms with van der Waals surface area (Å²) in [7, 11) is 0. The normalized spacial score (nSPS) is 11.7. The Bertz CT molecular complexity index is 629. The Morgan fingerprint density at radius 1 is 1.00 bits per heavy atom. The highest BCUT2D eigenvalue weighted by atomic mass is 32.1. The SMILES string of the molecule is O=C(NCC[C@H](CCO)c1cccs1)C(=O)NCc1ccccc1. The van der Waals surface area contributed by atoms with E-state index in [2.05, 4.69) is 10.6 Å². The minimum atomic E-state index is -0.631. The van der Waals surface area contributed by atoms with Gasteiger partial charge in [0.2, 0.25) is 0 Å². The first-order valence-electron chi connectivity index (χ1n) is 7.95. The van der Waals surface area contributed by atoms with Crippen LogP contribution < -0.4 is 10.6 Å². The van der Waals surface area contributed by atoms with Gasteiger partial charge in [-0.1, -0.05) is 36.4 Å². The third-order valence-corrected chi connectivity index (χ3v) is 4.74. The average Bonchev–Trinajstić information content (AvgIpc) is 3.14. The summed E-state index contributed by atoms with van der Waals surface area (Å²) in [5.74, 6) is -1.06. The van der Waals surface area contributed by atoms with Gasteiger partial charge in [0, 0.05) is 24.6 Å². The van der Waals surface area contributed by atoms with Crippen LogP contribution in [0.1, 0.15) is 29.2 Å². The molecule has 0 saturated heterocycles. The zero-order chi connectivity index (χ0) is 17.2. The molecule has 0 unspecified atom stereocenters. The zero-order valence-electron chi connectivity index (χ0n) is 13.4. The Morgan fingerprint density at radius 2 is 1.75 bits per heavy atom. The van der Waals surface area contributed by atoms with Crippen LogP contribution >= 0.6 is 11.3 Å². The second-order valence-electron chi connectivity index (χ2n) is 5.44. The molecular formula is C18H22N2O3S. The number of amides is 2. The molecular weight excluding hydrogens is 324 g/mol. The molecule has 24 heavy (non-hydrogen) atoms. The number of nitrogens with one attached hydrogen (secondary N) is 2. The monoisotopic (exact) mass is 346 g/mol. The van der Waals surface area contributed by atoms with Crippen molar-refractivity contribution in [1.82, 2.24) is 10.6 Å². The van der Waals surface area contributed by atoms with E-state index < -0.39 is 11.8 Å². The molecule has 0 radical (unpaired) electrons. The van der Waals surface area contributed by atoms with Crippen molar-refractivity contribution in [2.75, 3.05) is 13.2 Å². The predicted octanol–water partition coefficient (Wildman–Crippen LogP) is 2.04. The largest absolute Gasteiger partial charge is 0.396 e. The Balaban J connectivity index is 1.72. The second kappa shape index (κ2) is 9.85. The lowest BCUT2D eigenvalue weighted by atomic mass is 10.00. The fourth-order valence-electron chi connectivity index (χ4n) is 2.41. The smallest absolute Gasteiger partial charge is 0.309 e. The molecule has 0 saturated carbocycles. The van der Waals surface area contributed by atoms with E-state index in [0.717, 1.165) is 5.56 Å². The first kappa shape index (κ1) is 18.2. The maximum atomic E-state index is 11.8. The van der Waals surface area contributed by atoms with E-state index in [1.54, 1.807) is 11.3 Å². The lowest BCUT2D eigenvalue weighted by Crippen LogP contribution is -2.40. The van der Waals surface area contributed by atoms with Crippen LogP contribution in [-0.4, -0.2) is 30.1 Å². The van der Waals surface area contributed by atoms with Crippen molar-refractivity contribution in [2.24, 2.45) is 0 Å². The molecule has 1 aromatic heterocycles. The van der Waals surface area contributed by atoms with Crippen molar-refractivity contribution in [2.45, 2.75) is 25.3 Å². The molecule has 6 heteroatoms. The van der Waals surface area contributed by atoms with Crippen LogP contribution in [0.4, 0.5) is 0 Å². The van der Waals surface area contributed by atoms with Gasteiger partial charge in [-0.05, 0) is 35.8 Å². The maximum Gasteiger partial charge on any atom is 0.309 e. The Morgan fingerprint density at radius 3 is 2.42 bits per heavy atom. The van der Waals surface area contributed by atoms with E-state index in [9.17, 15) is 9.59 Å². The van der Waals surface area contributed by atoms with Gasteiger partial charge < -0.3 is 15.7 Å². The lowest BCUT2D eigenvalue weighted by molar-refractivity contribution is -0.139. The van der Waals surface area contributed by atoms with Crippen LogP contribution in [0, 0.1) is 0 Å². The number of hydrogen-bond donors (Lipinski definition) is 3. The number of hydrogen-bond acceptors (Lipinski definition) is 4. The summed E-state index contributed by atoms with van der Waals surface area (Å²) in [5, 5.41) is 16.4. The highest BCUT2D eigenvalue weighted by molar-refractivity contribution is 7.10. The summed E-state index contributed by atoms with van der Waals surface area (Å²) < 4.78 is 0. The first-order valence-corrected chi connectivity index (χ1v) is 8.83. The van der Waals surface area contributed by atoms with Crippen molar-refractivity contribution in [3.8, 4) is 0 Å². The summed E-state index contributed by atoms with van der Waals surface area (Å²) in [5.41, 5.74) is 0.944.